The first-order chi connectivity index (χ1) is 11.5. The molecular formula is C20H22BrNO2. The van der Waals surface area contributed by atoms with Crippen LogP contribution in [0.3, 0.4) is 0 Å². The fourth-order valence-electron chi connectivity index (χ4n) is 3.07. The lowest BCUT2D eigenvalue weighted by Gasteiger charge is -2.22. The van der Waals surface area contributed by atoms with Crippen LogP contribution in [0, 0.1) is 6.92 Å². The standard InChI is InChI=1S/C20H22BrNO2/c1-13-12-16(10-11-18(13)21)22-20(23)14(2)24-19-9-5-7-15-6-3-4-8-17(15)19/h5,7,9-12,14H,3-4,6,8H2,1-2H3,(H,22,23)/t14-/m0/s1. The summed E-state index contributed by atoms with van der Waals surface area (Å²) in [5.74, 6) is 0.715. The smallest absolute Gasteiger partial charge is 0.265 e. The van der Waals surface area contributed by atoms with E-state index < -0.39 is 6.10 Å². The Morgan fingerprint density at radius 1 is 1.21 bits per heavy atom. The molecule has 126 valence electrons. The van der Waals surface area contributed by atoms with Crippen LogP contribution in [0.2, 0.25) is 0 Å². The minimum atomic E-state index is -0.539. The van der Waals surface area contributed by atoms with E-state index in [1.165, 1.54) is 24.0 Å². The first-order valence-electron chi connectivity index (χ1n) is 8.39. The van der Waals surface area contributed by atoms with Gasteiger partial charge in [-0.3, -0.25) is 4.79 Å². The number of carbonyl (C=O) groups is 1. The molecule has 1 amide bonds. The van der Waals surface area contributed by atoms with Crippen molar-refractivity contribution < 1.29 is 9.53 Å². The predicted octanol–water partition coefficient (Wildman–Crippen LogP) is 5.04. The number of hydrogen-bond donors (Lipinski definition) is 1. The van der Waals surface area contributed by atoms with Crippen LogP contribution in [-0.4, -0.2) is 12.0 Å². The Hall–Kier alpha value is -1.81. The molecule has 0 fully saturated rings. The van der Waals surface area contributed by atoms with Crippen LogP contribution in [0.15, 0.2) is 40.9 Å². The number of rotatable bonds is 4. The molecule has 0 aromatic heterocycles. The van der Waals surface area contributed by atoms with E-state index in [4.69, 9.17) is 4.74 Å². The highest BCUT2D eigenvalue weighted by atomic mass is 79.9. The largest absolute Gasteiger partial charge is 0.481 e. The van der Waals surface area contributed by atoms with Crippen LogP contribution < -0.4 is 10.1 Å². The molecule has 2 aromatic rings. The molecule has 1 aliphatic carbocycles. The van der Waals surface area contributed by atoms with E-state index in [-0.39, 0.29) is 5.91 Å². The highest BCUT2D eigenvalue weighted by Crippen LogP contribution is 2.30. The summed E-state index contributed by atoms with van der Waals surface area (Å²) >= 11 is 3.47. The van der Waals surface area contributed by atoms with Crippen molar-refractivity contribution in [3.05, 3.63) is 57.6 Å². The maximum atomic E-state index is 12.4. The number of ether oxygens (including phenoxy) is 1. The predicted molar refractivity (Wildman–Crippen MR) is 101 cm³/mol. The lowest BCUT2D eigenvalue weighted by molar-refractivity contribution is -0.122. The number of halogens is 1. The average molecular weight is 388 g/mol. The molecule has 0 radical (unpaired) electrons. The zero-order chi connectivity index (χ0) is 17.1. The minimum Gasteiger partial charge on any atom is -0.481 e. The number of nitrogens with one attached hydrogen (secondary N) is 1. The molecule has 1 atom stereocenters. The van der Waals surface area contributed by atoms with Crippen molar-refractivity contribution in [1.82, 2.24) is 0 Å². The molecule has 0 saturated heterocycles. The molecule has 0 bridgehead atoms. The summed E-state index contributed by atoms with van der Waals surface area (Å²) in [6.45, 7) is 3.79. The van der Waals surface area contributed by atoms with E-state index >= 15 is 0 Å². The van der Waals surface area contributed by atoms with Gasteiger partial charge in [-0.2, -0.15) is 0 Å². The summed E-state index contributed by atoms with van der Waals surface area (Å²) in [7, 11) is 0. The van der Waals surface area contributed by atoms with Gasteiger partial charge in [0.15, 0.2) is 6.10 Å². The van der Waals surface area contributed by atoms with Crippen LogP contribution >= 0.6 is 15.9 Å². The Labute approximate surface area is 151 Å². The second-order valence-electron chi connectivity index (χ2n) is 6.31. The third kappa shape index (κ3) is 3.81. The van der Waals surface area contributed by atoms with Gasteiger partial charge in [0.25, 0.3) is 5.91 Å². The van der Waals surface area contributed by atoms with Gasteiger partial charge in [0.2, 0.25) is 0 Å². The molecule has 0 spiro atoms. The second-order valence-corrected chi connectivity index (χ2v) is 7.17. The number of anilines is 1. The van der Waals surface area contributed by atoms with E-state index in [0.717, 1.165) is 34.3 Å². The zero-order valence-electron chi connectivity index (χ0n) is 14.1. The van der Waals surface area contributed by atoms with Crippen molar-refractivity contribution in [2.24, 2.45) is 0 Å². The van der Waals surface area contributed by atoms with Gasteiger partial charge in [-0.1, -0.05) is 28.1 Å². The zero-order valence-corrected chi connectivity index (χ0v) is 15.7. The summed E-state index contributed by atoms with van der Waals surface area (Å²) in [6, 6.07) is 11.9. The lowest BCUT2D eigenvalue weighted by Crippen LogP contribution is -2.30. The van der Waals surface area contributed by atoms with Gasteiger partial charge in [0.05, 0.1) is 0 Å². The maximum absolute atomic E-state index is 12.4. The van der Waals surface area contributed by atoms with Crippen molar-refractivity contribution >= 4 is 27.5 Å². The molecule has 3 nitrogen and oxygen atoms in total. The number of amides is 1. The van der Waals surface area contributed by atoms with Gasteiger partial charge < -0.3 is 10.1 Å². The lowest BCUT2D eigenvalue weighted by atomic mass is 9.91. The van der Waals surface area contributed by atoms with Gasteiger partial charge in [-0.25, -0.2) is 0 Å². The highest BCUT2D eigenvalue weighted by molar-refractivity contribution is 9.10. The molecule has 3 rings (SSSR count). The number of hydrogen-bond acceptors (Lipinski definition) is 2. The van der Waals surface area contributed by atoms with Crippen LogP contribution in [0.4, 0.5) is 5.69 Å². The molecule has 0 aliphatic heterocycles. The number of carbonyl (C=O) groups excluding carboxylic acids is 1. The van der Waals surface area contributed by atoms with E-state index in [1.54, 1.807) is 6.92 Å². The number of benzene rings is 2. The summed E-state index contributed by atoms with van der Waals surface area (Å²) in [6.07, 6.45) is 4.01. The molecule has 2 aromatic carbocycles. The summed E-state index contributed by atoms with van der Waals surface area (Å²) in [5.41, 5.74) is 4.49. The molecule has 4 heteroatoms. The molecule has 0 saturated carbocycles. The monoisotopic (exact) mass is 387 g/mol. The second kappa shape index (κ2) is 7.39. The van der Waals surface area contributed by atoms with Gasteiger partial charge in [0.1, 0.15) is 5.75 Å². The van der Waals surface area contributed by atoms with E-state index in [0.29, 0.717) is 0 Å². The van der Waals surface area contributed by atoms with E-state index in [1.807, 2.05) is 37.3 Å². The van der Waals surface area contributed by atoms with Gasteiger partial charge in [-0.15, -0.1) is 0 Å². The fraction of sp³-hybridized carbons (Fsp3) is 0.350. The summed E-state index contributed by atoms with van der Waals surface area (Å²) in [4.78, 5) is 12.4. The topological polar surface area (TPSA) is 38.3 Å². The van der Waals surface area contributed by atoms with Crippen molar-refractivity contribution in [1.29, 1.82) is 0 Å². The van der Waals surface area contributed by atoms with Crippen molar-refractivity contribution in [3.8, 4) is 5.75 Å². The Morgan fingerprint density at radius 2 is 2.00 bits per heavy atom. The van der Waals surface area contributed by atoms with Gasteiger partial charge >= 0.3 is 0 Å². The van der Waals surface area contributed by atoms with Gasteiger partial charge in [-0.05, 0) is 80.5 Å². The normalized spacial score (nSPS) is 14.6. The summed E-state index contributed by atoms with van der Waals surface area (Å²) in [5, 5.41) is 2.93. The molecule has 1 N–H and O–H groups in total. The Bertz CT molecular complexity index is 757. The summed E-state index contributed by atoms with van der Waals surface area (Å²) < 4.78 is 7.01. The van der Waals surface area contributed by atoms with Crippen molar-refractivity contribution in [2.75, 3.05) is 5.32 Å². The number of aryl methyl sites for hydroxylation is 2. The third-order valence-corrected chi connectivity index (χ3v) is 5.34. The van der Waals surface area contributed by atoms with Crippen molar-refractivity contribution in [3.63, 3.8) is 0 Å². The van der Waals surface area contributed by atoms with Crippen LogP contribution in [-0.2, 0) is 17.6 Å². The van der Waals surface area contributed by atoms with E-state index in [2.05, 4.69) is 27.3 Å². The van der Waals surface area contributed by atoms with Crippen molar-refractivity contribution in [2.45, 2.75) is 45.6 Å². The molecular weight excluding hydrogens is 366 g/mol. The highest BCUT2D eigenvalue weighted by Gasteiger charge is 2.19. The molecule has 0 heterocycles. The average Bonchev–Trinajstić information content (AvgIpc) is 2.58. The Balaban J connectivity index is 1.69. The Kier molecular flexibility index (Phi) is 5.24. The third-order valence-electron chi connectivity index (χ3n) is 4.45. The Morgan fingerprint density at radius 3 is 2.79 bits per heavy atom. The van der Waals surface area contributed by atoms with Crippen LogP contribution in [0.5, 0.6) is 5.75 Å². The first kappa shape index (κ1) is 17.0. The van der Waals surface area contributed by atoms with Gasteiger partial charge in [0, 0.05) is 10.2 Å². The number of fused-ring (bicyclic) bond motifs is 1. The van der Waals surface area contributed by atoms with Crippen LogP contribution in [0.1, 0.15) is 36.5 Å². The maximum Gasteiger partial charge on any atom is 0.265 e. The SMILES string of the molecule is Cc1cc(NC(=O)[C@H](C)Oc2cccc3c2CCCC3)ccc1Br. The van der Waals surface area contributed by atoms with Crippen LogP contribution in [0.25, 0.3) is 0 Å². The van der Waals surface area contributed by atoms with E-state index in [9.17, 15) is 4.79 Å². The molecule has 1 aliphatic rings. The molecule has 24 heavy (non-hydrogen) atoms. The quantitative estimate of drug-likeness (QED) is 0.797. The first-order valence-corrected chi connectivity index (χ1v) is 9.18. The fourth-order valence-corrected chi connectivity index (χ4v) is 3.31. The molecule has 0 unspecified atom stereocenters. The minimum absolute atomic E-state index is 0.134.